The highest BCUT2D eigenvalue weighted by Crippen LogP contribution is 2.40. The Labute approximate surface area is 170 Å². The van der Waals surface area contributed by atoms with Gasteiger partial charge in [0.25, 0.3) is 0 Å². The first kappa shape index (κ1) is 21.2. The fourth-order valence-corrected chi connectivity index (χ4v) is 3.65. The number of hydrogen-bond donors (Lipinski definition) is 1. The predicted octanol–water partition coefficient (Wildman–Crippen LogP) is 5.91. The molecule has 0 aliphatic rings. The van der Waals surface area contributed by atoms with Gasteiger partial charge in [-0.25, -0.2) is 0 Å². The first-order chi connectivity index (χ1) is 13.9. The van der Waals surface area contributed by atoms with Gasteiger partial charge in [0.15, 0.2) is 0 Å². The van der Waals surface area contributed by atoms with Gasteiger partial charge in [0.05, 0.1) is 11.3 Å². The topological polar surface area (TPSA) is 28.7 Å². The Morgan fingerprint density at radius 3 is 2.48 bits per heavy atom. The molecule has 0 aliphatic heterocycles. The molecule has 2 aromatic carbocycles. The van der Waals surface area contributed by atoms with Crippen molar-refractivity contribution in [3.8, 4) is 0 Å². The van der Waals surface area contributed by atoms with Crippen LogP contribution in [0.4, 0.5) is 13.2 Å². The van der Waals surface area contributed by atoms with E-state index in [-0.39, 0.29) is 5.92 Å². The SMILES string of the molecule is CC(C)c1cccc(C(CCC[B]c2ncc[nH]2)c2ccccc2C(F)(F)F)c1. The van der Waals surface area contributed by atoms with Crippen LogP contribution in [-0.4, -0.2) is 17.2 Å². The molecule has 0 aliphatic carbocycles. The number of rotatable bonds is 8. The summed E-state index contributed by atoms with van der Waals surface area (Å²) in [6.45, 7) is 4.19. The highest BCUT2D eigenvalue weighted by molar-refractivity contribution is 6.51. The third-order valence-electron chi connectivity index (χ3n) is 5.18. The Hall–Kier alpha value is -2.50. The van der Waals surface area contributed by atoms with Crippen molar-refractivity contribution >= 4 is 13.0 Å². The van der Waals surface area contributed by atoms with Crippen molar-refractivity contribution < 1.29 is 13.2 Å². The molecule has 0 amide bonds. The summed E-state index contributed by atoms with van der Waals surface area (Å²) in [6.07, 6.45) is 1.22. The molecule has 1 N–H and O–H groups in total. The van der Waals surface area contributed by atoms with Crippen LogP contribution in [0.5, 0.6) is 0 Å². The monoisotopic (exact) mass is 397 g/mol. The standard InChI is InChI=1S/C23H25BF3N2/c1-16(2)17-7-5-8-18(15-17)19(10-6-12-24-22-28-13-14-29-22)20-9-3-4-11-21(20)23(25,26)27/h3-5,7-9,11,13-16,19H,6,10,12H2,1-2H3,(H,28,29). The third kappa shape index (κ3) is 5.52. The van der Waals surface area contributed by atoms with E-state index in [1.807, 2.05) is 25.5 Å². The summed E-state index contributed by atoms with van der Waals surface area (Å²) in [6, 6.07) is 13.9. The van der Waals surface area contributed by atoms with E-state index in [0.717, 1.165) is 29.6 Å². The Morgan fingerprint density at radius 2 is 1.79 bits per heavy atom. The largest absolute Gasteiger partial charge is 0.416 e. The minimum atomic E-state index is -4.37. The molecule has 0 saturated heterocycles. The number of aromatic nitrogens is 2. The molecule has 0 spiro atoms. The van der Waals surface area contributed by atoms with Gasteiger partial charge in [0, 0.05) is 18.3 Å². The smallest absolute Gasteiger partial charge is 0.357 e. The van der Waals surface area contributed by atoms with E-state index in [0.29, 0.717) is 17.9 Å². The Balaban J connectivity index is 1.89. The molecule has 1 unspecified atom stereocenters. The maximum Gasteiger partial charge on any atom is 0.416 e. The van der Waals surface area contributed by atoms with Crippen molar-refractivity contribution in [2.24, 2.45) is 0 Å². The molecular formula is C23H25BF3N2. The summed E-state index contributed by atoms with van der Waals surface area (Å²) in [4.78, 5) is 7.19. The first-order valence-electron chi connectivity index (χ1n) is 9.95. The van der Waals surface area contributed by atoms with E-state index in [9.17, 15) is 13.2 Å². The van der Waals surface area contributed by atoms with Gasteiger partial charge in [-0.2, -0.15) is 13.2 Å². The van der Waals surface area contributed by atoms with E-state index in [1.54, 1.807) is 24.5 Å². The van der Waals surface area contributed by atoms with Crippen molar-refractivity contribution in [2.75, 3.05) is 0 Å². The van der Waals surface area contributed by atoms with E-state index in [1.165, 1.54) is 12.1 Å². The van der Waals surface area contributed by atoms with Gasteiger partial charge < -0.3 is 4.98 Å². The number of benzene rings is 2. The third-order valence-corrected chi connectivity index (χ3v) is 5.18. The van der Waals surface area contributed by atoms with Crippen LogP contribution in [0.15, 0.2) is 60.9 Å². The zero-order chi connectivity index (χ0) is 20.9. The molecule has 151 valence electrons. The lowest BCUT2D eigenvalue weighted by molar-refractivity contribution is -0.138. The molecule has 0 fully saturated rings. The zero-order valence-corrected chi connectivity index (χ0v) is 16.7. The molecule has 1 aromatic heterocycles. The van der Waals surface area contributed by atoms with E-state index in [2.05, 4.69) is 29.9 Å². The number of alkyl halides is 3. The summed E-state index contributed by atoms with van der Waals surface area (Å²) in [5.74, 6) is 0.0114. The quantitative estimate of drug-likeness (QED) is 0.371. The molecule has 0 bridgehead atoms. The Morgan fingerprint density at radius 1 is 1.03 bits per heavy atom. The maximum atomic E-state index is 13.7. The number of halogens is 3. The van der Waals surface area contributed by atoms with Gasteiger partial charge in [0.1, 0.15) is 0 Å². The van der Waals surface area contributed by atoms with Crippen LogP contribution in [-0.2, 0) is 6.18 Å². The molecule has 29 heavy (non-hydrogen) atoms. The molecule has 6 heteroatoms. The molecule has 3 aromatic rings. The summed E-state index contributed by atoms with van der Waals surface area (Å²) in [7, 11) is 1.98. The summed E-state index contributed by atoms with van der Waals surface area (Å²) in [5.41, 5.74) is 2.66. The second kappa shape index (κ2) is 9.34. The number of nitrogens with one attached hydrogen (secondary N) is 1. The van der Waals surface area contributed by atoms with Crippen LogP contribution < -0.4 is 5.72 Å². The van der Waals surface area contributed by atoms with Gasteiger partial charge in [-0.15, -0.1) is 0 Å². The van der Waals surface area contributed by atoms with Crippen LogP contribution in [0, 0.1) is 0 Å². The fraction of sp³-hybridized carbons (Fsp3) is 0.348. The molecule has 0 saturated carbocycles. The second-order valence-corrected chi connectivity index (χ2v) is 7.57. The van der Waals surface area contributed by atoms with Crippen LogP contribution in [0.2, 0.25) is 6.32 Å². The van der Waals surface area contributed by atoms with E-state index >= 15 is 0 Å². The van der Waals surface area contributed by atoms with Gasteiger partial charge in [0.2, 0.25) is 7.28 Å². The number of H-pyrrole nitrogens is 1. The highest BCUT2D eigenvalue weighted by Gasteiger charge is 2.35. The Bertz CT molecular complexity index is 904. The number of aromatic amines is 1. The van der Waals surface area contributed by atoms with Gasteiger partial charge in [-0.1, -0.05) is 69.1 Å². The maximum absolute atomic E-state index is 13.7. The van der Waals surface area contributed by atoms with Crippen molar-refractivity contribution in [1.29, 1.82) is 0 Å². The molecule has 3 rings (SSSR count). The molecule has 1 heterocycles. The van der Waals surface area contributed by atoms with Gasteiger partial charge >= 0.3 is 6.18 Å². The highest BCUT2D eigenvalue weighted by atomic mass is 19.4. The predicted molar refractivity (Wildman–Crippen MR) is 112 cm³/mol. The first-order valence-corrected chi connectivity index (χ1v) is 9.95. The van der Waals surface area contributed by atoms with Crippen LogP contribution >= 0.6 is 0 Å². The van der Waals surface area contributed by atoms with E-state index < -0.39 is 11.7 Å². The lowest BCUT2D eigenvalue weighted by Gasteiger charge is -2.23. The van der Waals surface area contributed by atoms with Crippen molar-refractivity contribution in [3.63, 3.8) is 0 Å². The van der Waals surface area contributed by atoms with Crippen molar-refractivity contribution in [3.05, 3.63) is 83.2 Å². The van der Waals surface area contributed by atoms with Gasteiger partial charge in [-0.3, -0.25) is 4.98 Å². The summed E-state index contributed by atoms with van der Waals surface area (Å²) < 4.78 is 41.1. The molecule has 1 radical (unpaired) electrons. The van der Waals surface area contributed by atoms with Crippen molar-refractivity contribution in [1.82, 2.24) is 9.97 Å². The van der Waals surface area contributed by atoms with Gasteiger partial charge in [-0.05, 0) is 35.1 Å². The zero-order valence-electron chi connectivity index (χ0n) is 16.7. The van der Waals surface area contributed by atoms with Crippen LogP contribution in [0.25, 0.3) is 0 Å². The minimum Gasteiger partial charge on any atom is -0.357 e. The molecule has 2 nitrogen and oxygen atoms in total. The van der Waals surface area contributed by atoms with Crippen molar-refractivity contribution in [2.45, 2.75) is 51.0 Å². The second-order valence-electron chi connectivity index (χ2n) is 7.57. The van der Waals surface area contributed by atoms with E-state index in [4.69, 9.17) is 0 Å². The lowest BCUT2D eigenvalue weighted by Crippen LogP contribution is -2.18. The molecule has 1 atom stereocenters. The van der Waals surface area contributed by atoms with Crippen LogP contribution in [0.3, 0.4) is 0 Å². The molecular weight excluding hydrogens is 372 g/mol. The number of nitrogens with zero attached hydrogens (tertiary/aromatic N) is 1. The average Bonchev–Trinajstić information content (AvgIpc) is 3.21. The fourth-order valence-electron chi connectivity index (χ4n) is 3.65. The Kier molecular flexibility index (Phi) is 6.83. The lowest BCUT2D eigenvalue weighted by atomic mass is 9.70. The summed E-state index contributed by atoms with van der Waals surface area (Å²) in [5, 5.41) is 0. The minimum absolute atomic E-state index is 0.309. The van der Waals surface area contributed by atoms with Crippen LogP contribution in [0.1, 0.15) is 60.8 Å². The number of hydrogen-bond acceptors (Lipinski definition) is 1. The normalized spacial score (nSPS) is 12.9. The summed E-state index contributed by atoms with van der Waals surface area (Å²) >= 11 is 0. The average molecular weight is 397 g/mol. The number of imidazole rings is 1.